The summed E-state index contributed by atoms with van der Waals surface area (Å²) < 4.78 is 5.47. The van der Waals surface area contributed by atoms with Gasteiger partial charge >= 0.3 is 0 Å². The number of anilines is 1. The molecule has 0 aromatic carbocycles. The average molecular weight is 355 g/mol. The zero-order chi connectivity index (χ0) is 17.9. The average Bonchev–Trinajstić information content (AvgIpc) is 3.12. The lowest BCUT2D eigenvalue weighted by Gasteiger charge is -2.31. The van der Waals surface area contributed by atoms with E-state index in [0.29, 0.717) is 11.7 Å². The van der Waals surface area contributed by atoms with E-state index in [9.17, 15) is 0 Å². The molecule has 2 fully saturated rings. The third-order valence-electron chi connectivity index (χ3n) is 5.69. The Morgan fingerprint density at radius 3 is 2.65 bits per heavy atom. The Hall–Kier alpha value is -1.95. The normalized spacial score (nSPS) is 22.7. The van der Waals surface area contributed by atoms with Crippen LogP contribution in [0.2, 0.25) is 0 Å². The van der Waals surface area contributed by atoms with E-state index in [1.807, 2.05) is 6.20 Å². The van der Waals surface area contributed by atoms with E-state index in [4.69, 9.17) is 4.52 Å². The van der Waals surface area contributed by atoms with Crippen molar-refractivity contribution in [3.05, 3.63) is 24.2 Å². The Morgan fingerprint density at radius 1 is 1.08 bits per heavy atom. The van der Waals surface area contributed by atoms with Crippen LogP contribution < -0.4 is 4.90 Å². The van der Waals surface area contributed by atoms with Gasteiger partial charge in [0, 0.05) is 24.8 Å². The second-order valence-corrected chi connectivity index (χ2v) is 8.07. The molecule has 4 rings (SSSR count). The molecule has 0 aliphatic carbocycles. The first-order valence-electron chi connectivity index (χ1n) is 9.93. The van der Waals surface area contributed by atoms with Crippen molar-refractivity contribution in [3.8, 4) is 11.4 Å². The Labute approximate surface area is 155 Å². The number of rotatable bonds is 4. The first kappa shape index (κ1) is 17.5. The Morgan fingerprint density at radius 2 is 1.92 bits per heavy atom. The molecule has 0 unspecified atom stereocenters. The van der Waals surface area contributed by atoms with Gasteiger partial charge in [-0.2, -0.15) is 4.98 Å². The fraction of sp³-hybridized carbons (Fsp3) is 0.650. The van der Waals surface area contributed by atoms with Gasteiger partial charge in [0.1, 0.15) is 5.82 Å². The van der Waals surface area contributed by atoms with Crippen molar-refractivity contribution in [2.24, 2.45) is 11.8 Å². The SMILES string of the molecule is CC1CCN(Cc2nc(-c3ccc(N4CCC[C@H](C)C4)nc3)no2)CC1. The van der Waals surface area contributed by atoms with Crippen LogP contribution in [0.3, 0.4) is 0 Å². The summed E-state index contributed by atoms with van der Waals surface area (Å²) in [6.07, 6.45) is 6.93. The second kappa shape index (κ2) is 7.74. The quantitative estimate of drug-likeness (QED) is 0.835. The number of piperidine rings is 2. The summed E-state index contributed by atoms with van der Waals surface area (Å²) >= 11 is 0. The summed E-state index contributed by atoms with van der Waals surface area (Å²) in [4.78, 5) is 14.0. The number of aromatic nitrogens is 3. The highest BCUT2D eigenvalue weighted by Gasteiger charge is 2.20. The summed E-state index contributed by atoms with van der Waals surface area (Å²) in [6.45, 7) is 9.79. The molecule has 140 valence electrons. The molecule has 2 saturated heterocycles. The Balaban J connectivity index is 1.39. The van der Waals surface area contributed by atoms with Crippen LogP contribution in [0.15, 0.2) is 22.9 Å². The molecule has 6 nitrogen and oxygen atoms in total. The number of hydrogen-bond acceptors (Lipinski definition) is 6. The molecule has 0 saturated carbocycles. The van der Waals surface area contributed by atoms with Crippen LogP contribution in [0.5, 0.6) is 0 Å². The van der Waals surface area contributed by atoms with Crippen molar-refractivity contribution in [2.45, 2.75) is 46.1 Å². The zero-order valence-electron chi connectivity index (χ0n) is 15.9. The summed E-state index contributed by atoms with van der Waals surface area (Å²) in [7, 11) is 0. The maximum atomic E-state index is 5.47. The van der Waals surface area contributed by atoms with Crippen LogP contribution in [0.4, 0.5) is 5.82 Å². The Bertz CT molecular complexity index is 705. The maximum absolute atomic E-state index is 5.47. The number of likely N-dealkylation sites (tertiary alicyclic amines) is 1. The zero-order valence-corrected chi connectivity index (χ0v) is 15.9. The number of pyridine rings is 1. The van der Waals surface area contributed by atoms with Crippen LogP contribution in [0, 0.1) is 11.8 Å². The largest absolute Gasteiger partial charge is 0.356 e. The molecular weight excluding hydrogens is 326 g/mol. The highest BCUT2D eigenvalue weighted by atomic mass is 16.5. The number of hydrogen-bond donors (Lipinski definition) is 0. The van der Waals surface area contributed by atoms with Crippen molar-refractivity contribution < 1.29 is 4.52 Å². The van der Waals surface area contributed by atoms with E-state index in [-0.39, 0.29) is 0 Å². The van der Waals surface area contributed by atoms with Crippen molar-refractivity contribution in [1.82, 2.24) is 20.0 Å². The third kappa shape index (κ3) is 4.06. The monoisotopic (exact) mass is 355 g/mol. The van der Waals surface area contributed by atoms with Gasteiger partial charge in [0.25, 0.3) is 0 Å². The van der Waals surface area contributed by atoms with Gasteiger partial charge in [-0.3, -0.25) is 4.90 Å². The van der Waals surface area contributed by atoms with E-state index >= 15 is 0 Å². The number of nitrogens with zero attached hydrogens (tertiary/aromatic N) is 5. The molecule has 1 atom stereocenters. The van der Waals surface area contributed by atoms with Crippen LogP contribution in [0.1, 0.15) is 45.4 Å². The van der Waals surface area contributed by atoms with Gasteiger partial charge < -0.3 is 9.42 Å². The molecule has 0 bridgehead atoms. The van der Waals surface area contributed by atoms with Gasteiger partial charge in [0.2, 0.25) is 11.7 Å². The smallest absolute Gasteiger partial charge is 0.241 e. The van der Waals surface area contributed by atoms with Crippen molar-refractivity contribution in [3.63, 3.8) is 0 Å². The second-order valence-electron chi connectivity index (χ2n) is 8.07. The summed E-state index contributed by atoms with van der Waals surface area (Å²) in [6, 6.07) is 4.13. The molecule has 0 amide bonds. The molecule has 2 aliphatic rings. The highest BCUT2D eigenvalue weighted by Crippen LogP contribution is 2.24. The lowest BCUT2D eigenvalue weighted by atomic mass is 9.99. The lowest BCUT2D eigenvalue weighted by Crippen LogP contribution is -2.34. The first-order chi connectivity index (χ1) is 12.7. The van der Waals surface area contributed by atoms with Crippen molar-refractivity contribution in [2.75, 3.05) is 31.1 Å². The molecule has 2 aromatic heterocycles. The van der Waals surface area contributed by atoms with Gasteiger partial charge in [0.05, 0.1) is 6.54 Å². The van der Waals surface area contributed by atoms with Gasteiger partial charge in [-0.1, -0.05) is 19.0 Å². The van der Waals surface area contributed by atoms with Crippen molar-refractivity contribution in [1.29, 1.82) is 0 Å². The van der Waals surface area contributed by atoms with E-state index in [1.165, 1.54) is 25.7 Å². The molecule has 6 heteroatoms. The van der Waals surface area contributed by atoms with Gasteiger partial charge in [-0.25, -0.2) is 4.98 Å². The predicted molar refractivity (Wildman–Crippen MR) is 102 cm³/mol. The minimum Gasteiger partial charge on any atom is -0.356 e. The maximum Gasteiger partial charge on any atom is 0.241 e. The topological polar surface area (TPSA) is 58.3 Å². The molecule has 0 radical (unpaired) electrons. The molecule has 0 spiro atoms. The van der Waals surface area contributed by atoms with Gasteiger partial charge in [-0.15, -0.1) is 0 Å². The van der Waals surface area contributed by atoms with Crippen molar-refractivity contribution >= 4 is 5.82 Å². The standard InChI is InChI=1S/C20H29N5O/c1-15-7-10-24(11-8-15)14-19-22-20(23-26-19)17-5-6-18(21-12-17)25-9-3-4-16(2)13-25/h5-6,12,15-16H,3-4,7-11,13-14H2,1-2H3/t16-/m0/s1. The van der Waals surface area contributed by atoms with Crippen LogP contribution >= 0.6 is 0 Å². The molecule has 26 heavy (non-hydrogen) atoms. The van der Waals surface area contributed by atoms with Crippen LogP contribution in [0.25, 0.3) is 11.4 Å². The minimum atomic E-state index is 0.636. The van der Waals surface area contributed by atoms with E-state index < -0.39 is 0 Å². The molecule has 0 N–H and O–H groups in total. The third-order valence-corrected chi connectivity index (χ3v) is 5.69. The Kier molecular flexibility index (Phi) is 5.20. The van der Waals surface area contributed by atoms with E-state index in [0.717, 1.165) is 55.9 Å². The fourth-order valence-electron chi connectivity index (χ4n) is 3.95. The molecular formula is C20H29N5O. The fourth-order valence-corrected chi connectivity index (χ4v) is 3.95. The molecule has 4 heterocycles. The first-order valence-corrected chi connectivity index (χ1v) is 9.93. The van der Waals surface area contributed by atoms with Gasteiger partial charge in [-0.05, 0) is 62.7 Å². The highest BCUT2D eigenvalue weighted by molar-refractivity contribution is 5.55. The molecule has 2 aliphatic heterocycles. The van der Waals surface area contributed by atoms with E-state index in [2.05, 4.69) is 50.9 Å². The van der Waals surface area contributed by atoms with Crippen LogP contribution in [-0.4, -0.2) is 46.2 Å². The summed E-state index contributed by atoms with van der Waals surface area (Å²) in [5.74, 6) is 3.95. The molecule has 2 aromatic rings. The summed E-state index contributed by atoms with van der Waals surface area (Å²) in [5.41, 5.74) is 0.918. The van der Waals surface area contributed by atoms with Gasteiger partial charge in [0.15, 0.2) is 0 Å². The minimum absolute atomic E-state index is 0.636. The van der Waals surface area contributed by atoms with Crippen LogP contribution in [-0.2, 0) is 6.54 Å². The lowest BCUT2D eigenvalue weighted by molar-refractivity contribution is 0.165. The predicted octanol–water partition coefficient (Wildman–Crippen LogP) is 3.60. The van der Waals surface area contributed by atoms with E-state index in [1.54, 1.807) is 0 Å². The summed E-state index contributed by atoms with van der Waals surface area (Å²) in [5, 5.41) is 4.15.